The molecule has 0 aromatic carbocycles. The number of amides is 1. The van der Waals surface area contributed by atoms with Gasteiger partial charge in [0.05, 0.1) is 0 Å². The monoisotopic (exact) mass is 329 g/mol. The SMILES string of the molecule is CCN(CC)CCCC(C)NC(=O)c1cc(Br)c[nH]1. The Kier molecular flexibility index (Phi) is 7.16. The molecule has 0 saturated carbocycles. The Labute approximate surface area is 124 Å². The predicted octanol–water partition coefficient (Wildman–Crippen LogP) is 3.02. The molecule has 2 N–H and O–H groups in total. The number of hydrogen-bond acceptors (Lipinski definition) is 2. The third kappa shape index (κ3) is 5.78. The molecule has 1 amide bonds. The van der Waals surface area contributed by atoms with Crippen LogP contribution in [0.5, 0.6) is 0 Å². The third-order valence-electron chi connectivity index (χ3n) is 3.28. The smallest absolute Gasteiger partial charge is 0.267 e. The molecule has 4 nitrogen and oxygen atoms in total. The molecular weight excluding hydrogens is 306 g/mol. The zero-order valence-corrected chi connectivity index (χ0v) is 13.6. The summed E-state index contributed by atoms with van der Waals surface area (Å²) < 4.78 is 0.895. The van der Waals surface area contributed by atoms with Crippen molar-refractivity contribution in [1.29, 1.82) is 0 Å². The molecule has 1 unspecified atom stereocenters. The van der Waals surface area contributed by atoms with Crippen molar-refractivity contribution in [1.82, 2.24) is 15.2 Å². The van der Waals surface area contributed by atoms with E-state index in [9.17, 15) is 4.79 Å². The van der Waals surface area contributed by atoms with E-state index in [2.05, 4.69) is 51.9 Å². The van der Waals surface area contributed by atoms with Crippen LogP contribution in [0, 0.1) is 0 Å². The fourth-order valence-corrected chi connectivity index (χ4v) is 2.38. The lowest BCUT2D eigenvalue weighted by atomic mass is 10.1. The fraction of sp³-hybridized carbons (Fsp3) is 0.643. The van der Waals surface area contributed by atoms with Crippen LogP contribution >= 0.6 is 15.9 Å². The van der Waals surface area contributed by atoms with Crippen LogP contribution in [-0.2, 0) is 0 Å². The molecule has 0 bridgehead atoms. The van der Waals surface area contributed by atoms with Crippen molar-refractivity contribution < 1.29 is 4.79 Å². The van der Waals surface area contributed by atoms with Gasteiger partial charge < -0.3 is 15.2 Å². The van der Waals surface area contributed by atoms with Crippen molar-refractivity contribution in [2.75, 3.05) is 19.6 Å². The van der Waals surface area contributed by atoms with E-state index in [0.717, 1.165) is 36.9 Å². The van der Waals surface area contributed by atoms with E-state index >= 15 is 0 Å². The molecule has 108 valence electrons. The van der Waals surface area contributed by atoms with Gasteiger partial charge in [-0.1, -0.05) is 13.8 Å². The topological polar surface area (TPSA) is 48.1 Å². The first-order valence-electron chi connectivity index (χ1n) is 6.93. The van der Waals surface area contributed by atoms with Crippen molar-refractivity contribution in [2.45, 2.75) is 39.7 Å². The molecule has 1 aromatic heterocycles. The summed E-state index contributed by atoms with van der Waals surface area (Å²) in [6, 6.07) is 1.99. The summed E-state index contributed by atoms with van der Waals surface area (Å²) in [5, 5.41) is 3.01. The second kappa shape index (κ2) is 8.38. The van der Waals surface area contributed by atoms with Crippen LogP contribution in [0.3, 0.4) is 0 Å². The molecule has 1 atom stereocenters. The van der Waals surface area contributed by atoms with E-state index in [1.54, 1.807) is 12.3 Å². The van der Waals surface area contributed by atoms with Crippen LogP contribution in [0.1, 0.15) is 44.1 Å². The molecule has 0 radical (unpaired) electrons. The lowest BCUT2D eigenvalue weighted by Gasteiger charge is -2.19. The number of nitrogens with one attached hydrogen (secondary N) is 2. The zero-order chi connectivity index (χ0) is 14.3. The minimum Gasteiger partial charge on any atom is -0.356 e. The van der Waals surface area contributed by atoms with Gasteiger partial charge in [0.1, 0.15) is 5.69 Å². The predicted molar refractivity (Wildman–Crippen MR) is 82.4 cm³/mol. The Hall–Kier alpha value is -0.810. The number of hydrogen-bond donors (Lipinski definition) is 2. The first-order chi connectivity index (χ1) is 9.06. The van der Waals surface area contributed by atoms with Crippen molar-refractivity contribution in [3.63, 3.8) is 0 Å². The molecule has 5 heteroatoms. The van der Waals surface area contributed by atoms with E-state index in [-0.39, 0.29) is 11.9 Å². The van der Waals surface area contributed by atoms with Crippen LogP contribution in [0.2, 0.25) is 0 Å². The van der Waals surface area contributed by atoms with Crippen LogP contribution in [0.15, 0.2) is 16.7 Å². The van der Waals surface area contributed by atoms with Gasteiger partial charge in [-0.2, -0.15) is 0 Å². The minimum absolute atomic E-state index is 0.0407. The average Bonchev–Trinajstić information content (AvgIpc) is 2.81. The highest BCUT2D eigenvalue weighted by Crippen LogP contribution is 2.10. The summed E-state index contributed by atoms with van der Waals surface area (Å²) in [5.41, 5.74) is 0.600. The van der Waals surface area contributed by atoms with Gasteiger partial charge in [0.25, 0.3) is 5.91 Å². The molecule has 1 rings (SSSR count). The van der Waals surface area contributed by atoms with Crippen molar-refractivity contribution in [2.24, 2.45) is 0 Å². The molecule has 1 heterocycles. The van der Waals surface area contributed by atoms with Crippen molar-refractivity contribution in [3.05, 3.63) is 22.4 Å². The van der Waals surface area contributed by atoms with E-state index < -0.39 is 0 Å². The highest BCUT2D eigenvalue weighted by molar-refractivity contribution is 9.10. The normalized spacial score (nSPS) is 12.7. The number of aromatic nitrogens is 1. The highest BCUT2D eigenvalue weighted by atomic mass is 79.9. The first kappa shape index (κ1) is 16.2. The van der Waals surface area contributed by atoms with E-state index in [0.29, 0.717) is 5.69 Å². The summed E-state index contributed by atoms with van der Waals surface area (Å²) in [7, 11) is 0. The van der Waals surface area contributed by atoms with Gasteiger partial charge >= 0.3 is 0 Å². The Morgan fingerprint density at radius 3 is 2.68 bits per heavy atom. The fourth-order valence-electron chi connectivity index (χ4n) is 2.03. The Morgan fingerprint density at radius 2 is 2.16 bits per heavy atom. The largest absolute Gasteiger partial charge is 0.356 e. The summed E-state index contributed by atoms with van der Waals surface area (Å²) in [6.45, 7) is 9.69. The second-order valence-corrected chi connectivity index (χ2v) is 5.69. The molecule has 0 saturated heterocycles. The number of carbonyl (C=O) groups is 1. The van der Waals surface area contributed by atoms with E-state index in [4.69, 9.17) is 0 Å². The zero-order valence-electron chi connectivity index (χ0n) is 12.0. The highest BCUT2D eigenvalue weighted by Gasteiger charge is 2.11. The third-order valence-corrected chi connectivity index (χ3v) is 3.73. The van der Waals surface area contributed by atoms with Gasteiger partial charge in [-0.25, -0.2) is 0 Å². The molecule has 19 heavy (non-hydrogen) atoms. The molecule has 0 spiro atoms. The Balaban J connectivity index is 2.27. The summed E-state index contributed by atoms with van der Waals surface area (Å²) in [5.74, 6) is -0.0407. The van der Waals surface area contributed by atoms with Crippen molar-refractivity contribution in [3.8, 4) is 0 Å². The van der Waals surface area contributed by atoms with E-state index in [1.165, 1.54) is 0 Å². The van der Waals surface area contributed by atoms with Crippen molar-refractivity contribution >= 4 is 21.8 Å². The molecular formula is C14H24BrN3O. The number of aromatic amines is 1. The first-order valence-corrected chi connectivity index (χ1v) is 7.73. The summed E-state index contributed by atoms with van der Waals surface area (Å²) in [6.07, 6.45) is 3.88. The van der Waals surface area contributed by atoms with E-state index in [1.807, 2.05) is 0 Å². The van der Waals surface area contributed by atoms with Gasteiger partial charge in [-0.05, 0) is 61.4 Å². The number of carbonyl (C=O) groups excluding carboxylic acids is 1. The van der Waals surface area contributed by atoms with Crippen LogP contribution in [-0.4, -0.2) is 41.5 Å². The standard InChI is InChI=1S/C14H24BrN3O/c1-4-18(5-2)8-6-7-11(3)17-14(19)13-9-12(15)10-16-13/h9-11,16H,4-8H2,1-3H3,(H,17,19). The number of rotatable bonds is 8. The summed E-state index contributed by atoms with van der Waals surface area (Å²) >= 11 is 3.32. The molecule has 1 aromatic rings. The average molecular weight is 330 g/mol. The van der Waals surface area contributed by atoms with Crippen LogP contribution < -0.4 is 5.32 Å². The summed E-state index contributed by atoms with van der Waals surface area (Å²) in [4.78, 5) is 17.2. The minimum atomic E-state index is -0.0407. The lowest BCUT2D eigenvalue weighted by Crippen LogP contribution is -2.33. The second-order valence-electron chi connectivity index (χ2n) is 4.78. The van der Waals surface area contributed by atoms with Gasteiger partial charge in [-0.3, -0.25) is 4.79 Å². The quantitative estimate of drug-likeness (QED) is 0.770. The maximum Gasteiger partial charge on any atom is 0.267 e. The molecule has 0 aliphatic rings. The number of H-pyrrole nitrogens is 1. The maximum absolute atomic E-state index is 11.9. The maximum atomic E-state index is 11.9. The Bertz CT molecular complexity index is 388. The van der Waals surface area contributed by atoms with Crippen LogP contribution in [0.4, 0.5) is 0 Å². The molecule has 0 aliphatic carbocycles. The van der Waals surface area contributed by atoms with Crippen LogP contribution in [0.25, 0.3) is 0 Å². The number of nitrogens with zero attached hydrogens (tertiary/aromatic N) is 1. The molecule has 0 fully saturated rings. The lowest BCUT2D eigenvalue weighted by molar-refractivity contribution is 0.0933. The van der Waals surface area contributed by atoms with Gasteiger partial charge in [0.2, 0.25) is 0 Å². The van der Waals surface area contributed by atoms with Gasteiger partial charge in [0.15, 0.2) is 0 Å². The molecule has 0 aliphatic heterocycles. The number of halogens is 1. The Morgan fingerprint density at radius 1 is 1.47 bits per heavy atom. The van der Waals surface area contributed by atoms with Gasteiger partial charge in [0, 0.05) is 16.7 Å². The van der Waals surface area contributed by atoms with Gasteiger partial charge in [-0.15, -0.1) is 0 Å².